The number of rotatable bonds is 4. The summed E-state index contributed by atoms with van der Waals surface area (Å²) in [4.78, 5) is 0. The molecule has 0 aliphatic carbocycles. The van der Waals surface area contributed by atoms with Crippen molar-refractivity contribution in [1.29, 1.82) is 0 Å². The monoisotopic (exact) mass is 134 g/mol. The molecule has 0 bridgehead atoms. The molecule has 0 aromatic heterocycles. The van der Waals surface area contributed by atoms with Crippen molar-refractivity contribution in [2.75, 3.05) is 27.3 Å². The third kappa shape index (κ3) is 1.91. The van der Waals surface area contributed by atoms with Gasteiger partial charge in [0, 0.05) is 27.3 Å². The topological polar surface area (TPSA) is 70.5 Å². The summed E-state index contributed by atoms with van der Waals surface area (Å²) >= 11 is 0. The lowest BCUT2D eigenvalue weighted by atomic mass is 10.3. The molecule has 0 rings (SSSR count). The van der Waals surface area contributed by atoms with E-state index in [-0.39, 0.29) is 13.1 Å². The fourth-order valence-electron chi connectivity index (χ4n) is 0.500. The smallest absolute Gasteiger partial charge is 0.192 e. The van der Waals surface area contributed by atoms with Crippen LogP contribution < -0.4 is 11.5 Å². The van der Waals surface area contributed by atoms with Gasteiger partial charge in [0.15, 0.2) is 5.79 Å². The highest BCUT2D eigenvalue weighted by molar-refractivity contribution is 4.69. The van der Waals surface area contributed by atoms with Crippen molar-refractivity contribution in [3.05, 3.63) is 0 Å². The number of ether oxygens (including phenoxy) is 2. The lowest BCUT2D eigenvalue weighted by molar-refractivity contribution is -0.190. The van der Waals surface area contributed by atoms with Crippen LogP contribution in [0.3, 0.4) is 0 Å². The van der Waals surface area contributed by atoms with Gasteiger partial charge in [-0.1, -0.05) is 0 Å². The molecule has 0 spiro atoms. The van der Waals surface area contributed by atoms with Crippen LogP contribution in [0.5, 0.6) is 0 Å². The first-order valence-electron chi connectivity index (χ1n) is 2.75. The van der Waals surface area contributed by atoms with Crippen molar-refractivity contribution in [2.24, 2.45) is 11.5 Å². The van der Waals surface area contributed by atoms with Crippen molar-refractivity contribution in [1.82, 2.24) is 0 Å². The average Bonchev–Trinajstić information content (AvgIpc) is 1.95. The third-order valence-electron chi connectivity index (χ3n) is 1.37. The Morgan fingerprint density at radius 3 is 1.44 bits per heavy atom. The Hall–Kier alpha value is -0.160. The summed E-state index contributed by atoms with van der Waals surface area (Å²) in [5.41, 5.74) is 10.6. The molecule has 0 unspecified atom stereocenters. The largest absolute Gasteiger partial charge is 0.351 e. The van der Waals surface area contributed by atoms with E-state index in [2.05, 4.69) is 0 Å². The Kier molecular flexibility index (Phi) is 3.72. The fraction of sp³-hybridized carbons (Fsp3) is 1.00. The zero-order chi connectivity index (χ0) is 7.33. The van der Waals surface area contributed by atoms with Crippen molar-refractivity contribution >= 4 is 0 Å². The molecule has 0 aliphatic rings. The van der Waals surface area contributed by atoms with E-state index in [0.717, 1.165) is 0 Å². The predicted octanol–water partition coefficient (Wildman–Crippen LogP) is -1.11. The number of nitrogens with two attached hydrogens (primary N) is 2. The Morgan fingerprint density at radius 2 is 1.44 bits per heavy atom. The second-order valence-corrected chi connectivity index (χ2v) is 1.73. The van der Waals surface area contributed by atoms with E-state index in [1.807, 2.05) is 0 Å². The SMILES string of the molecule is COC(CN)(CN)OC. The molecule has 9 heavy (non-hydrogen) atoms. The minimum absolute atomic E-state index is 0.274. The first-order chi connectivity index (χ1) is 4.24. The second kappa shape index (κ2) is 3.79. The van der Waals surface area contributed by atoms with Gasteiger partial charge in [-0.15, -0.1) is 0 Å². The second-order valence-electron chi connectivity index (χ2n) is 1.73. The van der Waals surface area contributed by atoms with Gasteiger partial charge in [-0.2, -0.15) is 0 Å². The summed E-state index contributed by atoms with van der Waals surface area (Å²) in [6, 6.07) is 0. The zero-order valence-corrected chi connectivity index (χ0v) is 5.89. The van der Waals surface area contributed by atoms with Crippen LogP contribution in [0.25, 0.3) is 0 Å². The standard InChI is InChI=1S/C5H14N2O2/c1-8-5(3-6,4-7)9-2/h3-4,6-7H2,1-2H3. The third-order valence-corrected chi connectivity index (χ3v) is 1.37. The van der Waals surface area contributed by atoms with Crippen molar-refractivity contribution in [2.45, 2.75) is 5.79 Å². The first-order valence-corrected chi connectivity index (χ1v) is 2.75. The van der Waals surface area contributed by atoms with E-state index in [0.29, 0.717) is 0 Å². The summed E-state index contributed by atoms with van der Waals surface area (Å²) in [5, 5.41) is 0. The van der Waals surface area contributed by atoms with Gasteiger partial charge >= 0.3 is 0 Å². The van der Waals surface area contributed by atoms with Crippen molar-refractivity contribution in [3.8, 4) is 0 Å². The van der Waals surface area contributed by atoms with Crippen molar-refractivity contribution < 1.29 is 9.47 Å². The molecule has 0 saturated heterocycles. The van der Waals surface area contributed by atoms with Crippen LogP contribution >= 0.6 is 0 Å². The molecule has 0 radical (unpaired) electrons. The van der Waals surface area contributed by atoms with Crippen LogP contribution in [0.1, 0.15) is 0 Å². The van der Waals surface area contributed by atoms with Gasteiger partial charge in [0.1, 0.15) is 0 Å². The molecule has 56 valence electrons. The summed E-state index contributed by atoms with van der Waals surface area (Å²) < 4.78 is 9.83. The molecule has 0 aliphatic heterocycles. The van der Waals surface area contributed by atoms with E-state index in [9.17, 15) is 0 Å². The Bertz CT molecular complexity index is 55.8. The maximum absolute atomic E-state index is 5.31. The van der Waals surface area contributed by atoms with Crippen LogP contribution in [-0.2, 0) is 9.47 Å². The Labute approximate surface area is 55.1 Å². The van der Waals surface area contributed by atoms with E-state index in [1.165, 1.54) is 14.2 Å². The van der Waals surface area contributed by atoms with Crippen molar-refractivity contribution in [3.63, 3.8) is 0 Å². The van der Waals surface area contributed by atoms with Gasteiger partial charge in [-0.05, 0) is 0 Å². The van der Waals surface area contributed by atoms with Gasteiger partial charge in [-0.3, -0.25) is 0 Å². The predicted molar refractivity (Wildman–Crippen MR) is 34.9 cm³/mol. The zero-order valence-electron chi connectivity index (χ0n) is 5.89. The van der Waals surface area contributed by atoms with E-state index >= 15 is 0 Å². The summed E-state index contributed by atoms with van der Waals surface area (Å²) in [7, 11) is 3.03. The minimum Gasteiger partial charge on any atom is -0.351 e. The molecule has 4 heteroatoms. The molecule has 4 nitrogen and oxygen atoms in total. The van der Waals surface area contributed by atoms with Gasteiger partial charge in [0.05, 0.1) is 0 Å². The highest BCUT2D eigenvalue weighted by Gasteiger charge is 2.24. The van der Waals surface area contributed by atoms with Gasteiger partial charge in [0.25, 0.3) is 0 Å². The molecule has 0 heterocycles. The molecule has 0 fully saturated rings. The highest BCUT2D eigenvalue weighted by Crippen LogP contribution is 2.04. The van der Waals surface area contributed by atoms with Crippen LogP contribution in [0.4, 0.5) is 0 Å². The molecule has 0 aromatic carbocycles. The van der Waals surface area contributed by atoms with Crippen LogP contribution in [0.15, 0.2) is 0 Å². The summed E-state index contributed by atoms with van der Waals surface area (Å²) in [5.74, 6) is -0.778. The van der Waals surface area contributed by atoms with E-state index in [4.69, 9.17) is 20.9 Å². The quantitative estimate of drug-likeness (QED) is 0.478. The Morgan fingerprint density at radius 1 is 1.11 bits per heavy atom. The van der Waals surface area contributed by atoms with Gasteiger partial charge in [-0.25, -0.2) is 0 Å². The molecule has 0 amide bonds. The lowest BCUT2D eigenvalue weighted by Crippen LogP contribution is -2.48. The van der Waals surface area contributed by atoms with Gasteiger partial charge < -0.3 is 20.9 Å². The molecular weight excluding hydrogens is 120 g/mol. The van der Waals surface area contributed by atoms with Crippen LogP contribution in [0, 0.1) is 0 Å². The number of hydrogen-bond acceptors (Lipinski definition) is 4. The number of methoxy groups -OCH3 is 2. The molecule has 0 atom stereocenters. The minimum atomic E-state index is -0.778. The number of hydrogen-bond donors (Lipinski definition) is 2. The highest BCUT2D eigenvalue weighted by atomic mass is 16.7. The van der Waals surface area contributed by atoms with Crippen LogP contribution in [0.2, 0.25) is 0 Å². The lowest BCUT2D eigenvalue weighted by Gasteiger charge is -2.27. The fourth-order valence-corrected chi connectivity index (χ4v) is 0.500. The normalized spacial score (nSPS) is 12.0. The van der Waals surface area contributed by atoms with Crippen LogP contribution in [-0.4, -0.2) is 33.1 Å². The van der Waals surface area contributed by atoms with E-state index in [1.54, 1.807) is 0 Å². The average molecular weight is 134 g/mol. The maximum Gasteiger partial charge on any atom is 0.192 e. The maximum atomic E-state index is 5.31. The molecule has 4 N–H and O–H groups in total. The first kappa shape index (κ1) is 8.84. The van der Waals surface area contributed by atoms with E-state index < -0.39 is 5.79 Å². The summed E-state index contributed by atoms with van der Waals surface area (Å²) in [6.07, 6.45) is 0. The Balaban J connectivity index is 3.82. The van der Waals surface area contributed by atoms with Gasteiger partial charge in [0.2, 0.25) is 0 Å². The molecular formula is C5H14N2O2. The molecule has 0 saturated carbocycles. The summed E-state index contributed by atoms with van der Waals surface area (Å²) in [6.45, 7) is 0.549. The molecule has 0 aromatic rings.